The summed E-state index contributed by atoms with van der Waals surface area (Å²) in [5.74, 6) is 0.0981. The van der Waals surface area contributed by atoms with E-state index in [9.17, 15) is 4.39 Å². The van der Waals surface area contributed by atoms with Crippen LogP contribution in [0.25, 0.3) is 0 Å². The van der Waals surface area contributed by atoms with Gasteiger partial charge in [0.1, 0.15) is 5.82 Å². The second-order valence-corrected chi connectivity index (χ2v) is 3.32. The van der Waals surface area contributed by atoms with Gasteiger partial charge >= 0.3 is 0 Å². The molecule has 4 nitrogen and oxygen atoms in total. The number of hydrogen-bond acceptors (Lipinski definition) is 3. The minimum absolute atomic E-state index is 0.243. The first kappa shape index (κ1) is 10.4. The number of benzene rings is 1. The van der Waals surface area contributed by atoms with E-state index in [1.165, 1.54) is 12.1 Å². The van der Waals surface area contributed by atoms with Crippen LogP contribution >= 0.6 is 0 Å². The van der Waals surface area contributed by atoms with Crippen LogP contribution in [0.5, 0.6) is 0 Å². The van der Waals surface area contributed by atoms with E-state index in [-0.39, 0.29) is 11.5 Å². The largest absolute Gasteiger partial charge is 0.410 e. The molecule has 0 spiro atoms. The maximum absolute atomic E-state index is 13.0. The van der Waals surface area contributed by atoms with Gasteiger partial charge in [0.05, 0.1) is 0 Å². The molecule has 16 heavy (non-hydrogen) atoms. The number of nitrogens with zero attached hydrogens (tertiary/aromatic N) is 3. The molecule has 0 atom stereocenters. The van der Waals surface area contributed by atoms with Crippen molar-refractivity contribution < 1.29 is 9.60 Å². The molecule has 2 aromatic rings. The van der Waals surface area contributed by atoms with Crippen molar-refractivity contribution in [2.75, 3.05) is 0 Å². The monoisotopic (exact) mass is 219 g/mol. The quantitative estimate of drug-likeness (QED) is 0.475. The summed E-state index contributed by atoms with van der Waals surface area (Å²) in [7, 11) is 1.77. The molecule has 82 valence electrons. The van der Waals surface area contributed by atoms with E-state index in [4.69, 9.17) is 5.21 Å². The number of aryl methyl sites for hydroxylation is 1. The van der Waals surface area contributed by atoms with Gasteiger partial charge in [-0.15, -0.1) is 0 Å². The van der Waals surface area contributed by atoms with Crippen molar-refractivity contribution in [3.63, 3.8) is 0 Å². The van der Waals surface area contributed by atoms with Crippen molar-refractivity contribution in [3.8, 4) is 0 Å². The van der Waals surface area contributed by atoms with Crippen LogP contribution in [-0.2, 0) is 7.05 Å². The Morgan fingerprint density at radius 1 is 1.50 bits per heavy atom. The Morgan fingerprint density at radius 3 is 2.88 bits per heavy atom. The molecule has 0 aliphatic carbocycles. The Bertz CT molecular complexity index is 534. The van der Waals surface area contributed by atoms with Gasteiger partial charge in [-0.05, 0) is 12.1 Å². The van der Waals surface area contributed by atoms with Gasteiger partial charge in [0, 0.05) is 25.0 Å². The smallest absolute Gasteiger partial charge is 0.162 e. The lowest BCUT2D eigenvalue weighted by Gasteiger charge is -2.04. The van der Waals surface area contributed by atoms with Crippen molar-refractivity contribution >= 4 is 5.71 Å². The van der Waals surface area contributed by atoms with Crippen molar-refractivity contribution in [1.82, 2.24) is 9.55 Å². The summed E-state index contributed by atoms with van der Waals surface area (Å²) in [5, 5.41) is 12.1. The van der Waals surface area contributed by atoms with Crippen molar-refractivity contribution in [3.05, 3.63) is 53.9 Å². The van der Waals surface area contributed by atoms with Gasteiger partial charge < -0.3 is 9.77 Å². The maximum Gasteiger partial charge on any atom is 0.162 e. The average molecular weight is 219 g/mol. The van der Waals surface area contributed by atoms with E-state index in [1.807, 2.05) is 0 Å². The molecule has 0 amide bonds. The SMILES string of the molecule is Cn1ccnc1/C(=N/O)c1cccc(F)c1. The number of halogens is 1. The van der Waals surface area contributed by atoms with Gasteiger partial charge in [-0.25, -0.2) is 9.37 Å². The van der Waals surface area contributed by atoms with Gasteiger partial charge in [0.2, 0.25) is 0 Å². The Morgan fingerprint density at radius 2 is 2.31 bits per heavy atom. The zero-order valence-corrected chi connectivity index (χ0v) is 8.63. The Balaban J connectivity index is 2.50. The molecule has 5 heteroatoms. The summed E-state index contributed by atoms with van der Waals surface area (Å²) in [4.78, 5) is 4.04. The Kier molecular flexibility index (Phi) is 2.68. The number of oxime groups is 1. The number of hydrogen-bond donors (Lipinski definition) is 1. The highest BCUT2D eigenvalue weighted by Crippen LogP contribution is 2.10. The fraction of sp³-hybridized carbons (Fsp3) is 0.0909. The standard InChI is InChI=1S/C11H10FN3O/c1-15-6-5-13-11(15)10(14-16)8-3-2-4-9(12)7-8/h2-7,16H,1H3/b14-10+. The van der Waals surface area contributed by atoms with Crippen LogP contribution in [0.1, 0.15) is 11.4 Å². The summed E-state index contributed by atoms with van der Waals surface area (Å²) in [5.41, 5.74) is 0.726. The molecular weight excluding hydrogens is 209 g/mol. The third kappa shape index (κ3) is 1.79. The van der Waals surface area contributed by atoms with Crippen molar-refractivity contribution in [1.29, 1.82) is 0 Å². The molecule has 1 heterocycles. The molecule has 0 bridgehead atoms. The van der Waals surface area contributed by atoms with Crippen LogP contribution < -0.4 is 0 Å². The molecule has 0 unspecified atom stereocenters. The molecule has 1 N–H and O–H groups in total. The van der Waals surface area contributed by atoms with Gasteiger partial charge in [-0.2, -0.15) is 0 Å². The summed E-state index contributed by atoms with van der Waals surface area (Å²) in [6.45, 7) is 0. The average Bonchev–Trinajstić information content (AvgIpc) is 2.67. The summed E-state index contributed by atoms with van der Waals surface area (Å²) < 4.78 is 14.7. The van der Waals surface area contributed by atoms with E-state index in [2.05, 4.69) is 10.1 Å². The Labute approximate surface area is 91.7 Å². The number of aromatic nitrogens is 2. The second kappa shape index (κ2) is 4.14. The third-order valence-corrected chi connectivity index (χ3v) is 2.23. The minimum atomic E-state index is -0.382. The van der Waals surface area contributed by atoms with Crippen LogP contribution in [0.4, 0.5) is 4.39 Å². The van der Waals surface area contributed by atoms with Crippen molar-refractivity contribution in [2.45, 2.75) is 0 Å². The first-order valence-electron chi connectivity index (χ1n) is 4.68. The lowest BCUT2D eigenvalue weighted by Crippen LogP contribution is -2.10. The molecule has 0 radical (unpaired) electrons. The van der Waals surface area contributed by atoms with Crippen LogP contribution in [0, 0.1) is 5.82 Å². The lowest BCUT2D eigenvalue weighted by atomic mass is 10.1. The van der Waals surface area contributed by atoms with E-state index >= 15 is 0 Å². The number of imidazole rings is 1. The predicted octanol–water partition coefficient (Wildman–Crippen LogP) is 1.79. The van der Waals surface area contributed by atoms with E-state index in [0.29, 0.717) is 11.4 Å². The summed E-state index contributed by atoms with van der Waals surface area (Å²) in [6, 6.07) is 5.84. The number of rotatable bonds is 2. The highest BCUT2D eigenvalue weighted by atomic mass is 19.1. The summed E-state index contributed by atoms with van der Waals surface area (Å²) in [6.07, 6.45) is 3.31. The molecule has 1 aromatic heterocycles. The lowest BCUT2D eigenvalue weighted by molar-refractivity contribution is 0.319. The molecular formula is C11H10FN3O. The Hall–Kier alpha value is -2.17. The highest BCUT2D eigenvalue weighted by Gasteiger charge is 2.12. The molecule has 0 saturated heterocycles. The maximum atomic E-state index is 13.0. The first-order chi connectivity index (χ1) is 7.72. The molecule has 1 aromatic carbocycles. The summed E-state index contributed by atoms with van der Waals surface area (Å²) >= 11 is 0. The van der Waals surface area contributed by atoms with Crippen LogP contribution in [0.3, 0.4) is 0 Å². The molecule has 0 aliphatic rings. The second-order valence-electron chi connectivity index (χ2n) is 3.32. The van der Waals surface area contributed by atoms with Gasteiger partial charge in [-0.1, -0.05) is 17.3 Å². The van der Waals surface area contributed by atoms with Crippen molar-refractivity contribution in [2.24, 2.45) is 12.2 Å². The molecule has 0 saturated carbocycles. The molecule has 0 aliphatic heterocycles. The molecule has 0 fully saturated rings. The van der Waals surface area contributed by atoms with Gasteiger partial charge in [0.25, 0.3) is 0 Å². The third-order valence-electron chi connectivity index (χ3n) is 2.23. The first-order valence-corrected chi connectivity index (χ1v) is 4.68. The zero-order chi connectivity index (χ0) is 11.5. The van der Waals surface area contributed by atoms with Crippen LogP contribution in [0.15, 0.2) is 41.8 Å². The van der Waals surface area contributed by atoms with E-state index < -0.39 is 0 Å². The zero-order valence-electron chi connectivity index (χ0n) is 8.63. The fourth-order valence-electron chi connectivity index (χ4n) is 1.46. The van der Waals surface area contributed by atoms with E-state index in [0.717, 1.165) is 0 Å². The van der Waals surface area contributed by atoms with Gasteiger partial charge in [-0.3, -0.25) is 0 Å². The molecule has 2 rings (SSSR count). The topological polar surface area (TPSA) is 50.4 Å². The normalized spacial score (nSPS) is 11.8. The van der Waals surface area contributed by atoms with Crippen LogP contribution in [-0.4, -0.2) is 20.5 Å². The van der Waals surface area contributed by atoms with E-state index in [1.54, 1.807) is 36.1 Å². The van der Waals surface area contributed by atoms with Gasteiger partial charge in [0.15, 0.2) is 11.5 Å². The fourth-order valence-corrected chi connectivity index (χ4v) is 1.46. The predicted molar refractivity (Wildman–Crippen MR) is 57.0 cm³/mol. The minimum Gasteiger partial charge on any atom is -0.410 e. The highest BCUT2D eigenvalue weighted by molar-refractivity contribution is 6.10. The van der Waals surface area contributed by atoms with Crippen LogP contribution in [0.2, 0.25) is 0 Å².